The molecule has 9 N–H and O–H groups in total. The van der Waals surface area contributed by atoms with Gasteiger partial charge in [-0.2, -0.15) is 0 Å². The molecule has 42 heavy (non-hydrogen) atoms. The monoisotopic (exact) mass is 615 g/mol. The maximum absolute atomic E-state index is 12.9. The van der Waals surface area contributed by atoms with Crippen molar-refractivity contribution >= 4 is 11.9 Å². The van der Waals surface area contributed by atoms with Crippen LogP contribution >= 0.6 is 0 Å². The van der Waals surface area contributed by atoms with Gasteiger partial charge < -0.3 is 40.7 Å². The minimum Gasteiger partial charge on any atom is -0.480 e. The van der Waals surface area contributed by atoms with Crippen molar-refractivity contribution in [2.45, 2.75) is 24.2 Å². The zero-order chi connectivity index (χ0) is 31.3. The summed E-state index contributed by atoms with van der Waals surface area (Å²) in [5.74, 6) is -1.61. The SMILES string of the molecule is O=C(O)CN1CC(CO)N(CC(=O)NCCOCCO)CC(CO)N(CCOO)CC(CO)N(CCOO)CC1CO. The molecule has 18 nitrogen and oxygen atoms in total. The van der Waals surface area contributed by atoms with Crippen LogP contribution < -0.4 is 5.32 Å². The van der Waals surface area contributed by atoms with Gasteiger partial charge in [-0.15, -0.1) is 0 Å². The summed E-state index contributed by atoms with van der Waals surface area (Å²) >= 11 is 0. The van der Waals surface area contributed by atoms with E-state index in [4.69, 9.17) is 20.4 Å². The summed E-state index contributed by atoms with van der Waals surface area (Å²) in [6.45, 7) is -2.20. The lowest BCUT2D eigenvalue weighted by Gasteiger charge is -2.44. The number of carboxylic acids is 1. The van der Waals surface area contributed by atoms with Crippen LogP contribution in [0.15, 0.2) is 0 Å². The third kappa shape index (κ3) is 14.2. The Labute approximate surface area is 245 Å². The van der Waals surface area contributed by atoms with Crippen molar-refractivity contribution < 1.29 is 65.3 Å². The summed E-state index contributed by atoms with van der Waals surface area (Å²) in [5.41, 5.74) is 0. The van der Waals surface area contributed by atoms with E-state index in [0.717, 1.165) is 0 Å². The number of hydrogen-bond donors (Lipinski definition) is 9. The summed E-state index contributed by atoms with van der Waals surface area (Å²) in [6.07, 6.45) is 0. The number of nitrogens with zero attached hydrogens (tertiary/aromatic N) is 4. The molecule has 0 bridgehead atoms. The second kappa shape index (κ2) is 22.9. The molecule has 0 aromatic rings. The van der Waals surface area contributed by atoms with Crippen LogP contribution in [-0.4, -0.2) is 215 Å². The molecular formula is C24H49N5O13. The quantitative estimate of drug-likeness (QED) is 0.0374. The van der Waals surface area contributed by atoms with Gasteiger partial charge in [0.05, 0.1) is 72.6 Å². The van der Waals surface area contributed by atoms with Crippen LogP contribution in [0, 0.1) is 0 Å². The predicted octanol–water partition coefficient (Wildman–Crippen LogP) is -5.16. The highest BCUT2D eigenvalue weighted by Crippen LogP contribution is 2.16. The Morgan fingerprint density at radius 1 is 0.643 bits per heavy atom. The van der Waals surface area contributed by atoms with Crippen molar-refractivity contribution in [2.75, 3.05) is 118 Å². The van der Waals surface area contributed by atoms with Crippen molar-refractivity contribution in [3.05, 3.63) is 0 Å². The first kappa shape index (κ1) is 38.4. The third-order valence-electron chi connectivity index (χ3n) is 7.12. The molecule has 0 aliphatic carbocycles. The van der Waals surface area contributed by atoms with Crippen LogP contribution in [0.25, 0.3) is 0 Å². The molecule has 1 aliphatic heterocycles. The molecule has 0 aromatic heterocycles. The van der Waals surface area contributed by atoms with Crippen LogP contribution in [0.4, 0.5) is 0 Å². The Kier molecular flexibility index (Phi) is 20.9. The van der Waals surface area contributed by atoms with Crippen LogP contribution in [0.3, 0.4) is 0 Å². The number of ether oxygens (including phenoxy) is 1. The summed E-state index contributed by atoms with van der Waals surface area (Å²) in [5, 5.41) is 80.5. The second-order valence-corrected chi connectivity index (χ2v) is 9.94. The normalized spacial score (nSPS) is 24.3. The highest BCUT2D eigenvalue weighted by Gasteiger charge is 2.35. The van der Waals surface area contributed by atoms with Crippen LogP contribution in [0.5, 0.6) is 0 Å². The first-order chi connectivity index (χ1) is 20.3. The maximum Gasteiger partial charge on any atom is 0.317 e. The minimum absolute atomic E-state index is 0.0180. The molecule has 1 rings (SSSR count). The molecule has 1 heterocycles. The van der Waals surface area contributed by atoms with E-state index in [0.29, 0.717) is 0 Å². The summed E-state index contributed by atoms with van der Waals surface area (Å²) in [6, 6.07) is -2.91. The molecule has 0 spiro atoms. The number of aliphatic carboxylic acids is 1. The van der Waals surface area contributed by atoms with Crippen molar-refractivity contribution in [3.8, 4) is 0 Å². The average Bonchev–Trinajstić information content (AvgIpc) is 2.97. The number of carbonyl (C=O) groups excluding carboxylic acids is 1. The van der Waals surface area contributed by atoms with E-state index < -0.39 is 62.4 Å². The molecule has 4 atom stereocenters. The van der Waals surface area contributed by atoms with E-state index in [1.165, 1.54) is 4.90 Å². The van der Waals surface area contributed by atoms with Gasteiger partial charge in [0.15, 0.2) is 0 Å². The highest BCUT2D eigenvalue weighted by molar-refractivity contribution is 5.78. The van der Waals surface area contributed by atoms with E-state index >= 15 is 0 Å². The van der Waals surface area contributed by atoms with Gasteiger partial charge in [0.2, 0.25) is 5.91 Å². The molecule has 0 aromatic carbocycles. The zero-order valence-electron chi connectivity index (χ0n) is 23.9. The highest BCUT2D eigenvalue weighted by atomic mass is 17.1. The van der Waals surface area contributed by atoms with Crippen LogP contribution in [-0.2, 0) is 24.1 Å². The second-order valence-electron chi connectivity index (χ2n) is 9.94. The van der Waals surface area contributed by atoms with Gasteiger partial charge in [0, 0.05) is 70.0 Å². The van der Waals surface area contributed by atoms with Crippen molar-refractivity contribution in [2.24, 2.45) is 0 Å². The molecule has 1 fully saturated rings. The van der Waals surface area contributed by atoms with Crippen molar-refractivity contribution in [3.63, 3.8) is 0 Å². The molecule has 4 unspecified atom stereocenters. The van der Waals surface area contributed by atoms with Gasteiger partial charge in [-0.3, -0.25) is 39.7 Å². The fraction of sp³-hybridized carbons (Fsp3) is 0.917. The number of nitrogens with one attached hydrogen (secondary N) is 1. The largest absolute Gasteiger partial charge is 0.480 e. The third-order valence-corrected chi connectivity index (χ3v) is 7.12. The lowest BCUT2D eigenvalue weighted by molar-refractivity contribution is -0.247. The number of aliphatic hydroxyl groups excluding tert-OH is 5. The van der Waals surface area contributed by atoms with Gasteiger partial charge in [-0.05, 0) is 0 Å². The topological polar surface area (TPSA) is 249 Å². The van der Waals surface area contributed by atoms with Crippen molar-refractivity contribution in [1.29, 1.82) is 0 Å². The first-order valence-corrected chi connectivity index (χ1v) is 13.9. The Bertz CT molecular complexity index is 728. The number of rotatable bonds is 19. The fourth-order valence-electron chi connectivity index (χ4n) is 4.93. The van der Waals surface area contributed by atoms with Gasteiger partial charge >= 0.3 is 5.97 Å². The average molecular weight is 616 g/mol. The summed E-state index contributed by atoms with van der Waals surface area (Å²) in [7, 11) is 0. The molecule has 0 saturated carbocycles. The predicted molar refractivity (Wildman–Crippen MR) is 145 cm³/mol. The molecule has 1 aliphatic rings. The first-order valence-electron chi connectivity index (χ1n) is 13.9. The zero-order valence-corrected chi connectivity index (χ0v) is 23.9. The molecule has 0 radical (unpaired) electrons. The Balaban J connectivity index is 3.46. The summed E-state index contributed by atoms with van der Waals surface area (Å²) < 4.78 is 5.15. The number of amides is 1. The standard InChI is InChI=1S/C24H49N5O13/c30-4-8-40-5-1-25-23(35)13-28-11-20(16-32)26(2-6-41-38)9-19(15-31)27(3-7-42-39)10-21(17-33)29(14-24(36)37)12-22(28)18-34/h19-22,30-34,38-39H,1-18H2,(H,25,35)(H,36,37). The van der Waals surface area contributed by atoms with Gasteiger partial charge in [0.25, 0.3) is 0 Å². The number of carboxylic acid groups (broad SMARTS) is 1. The molecular weight excluding hydrogens is 566 g/mol. The lowest BCUT2D eigenvalue weighted by Crippen LogP contribution is -2.62. The smallest absolute Gasteiger partial charge is 0.317 e. The van der Waals surface area contributed by atoms with E-state index in [-0.39, 0.29) is 92.0 Å². The Morgan fingerprint density at radius 3 is 1.48 bits per heavy atom. The van der Waals surface area contributed by atoms with Crippen LogP contribution in [0.2, 0.25) is 0 Å². The summed E-state index contributed by atoms with van der Waals surface area (Å²) in [4.78, 5) is 39.7. The van der Waals surface area contributed by atoms with E-state index in [2.05, 4.69) is 15.1 Å². The van der Waals surface area contributed by atoms with E-state index in [9.17, 15) is 35.1 Å². The van der Waals surface area contributed by atoms with Crippen LogP contribution in [0.1, 0.15) is 0 Å². The Morgan fingerprint density at radius 2 is 1.07 bits per heavy atom. The number of hydrogen-bond acceptors (Lipinski definition) is 16. The van der Waals surface area contributed by atoms with Gasteiger partial charge in [-0.1, -0.05) is 0 Å². The lowest BCUT2D eigenvalue weighted by atomic mass is 10.1. The van der Waals surface area contributed by atoms with Gasteiger partial charge in [0.1, 0.15) is 0 Å². The molecule has 1 amide bonds. The Hall–Kier alpha value is -1.62. The molecule has 248 valence electrons. The van der Waals surface area contributed by atoms with Crippen molar-refractivity contribution in [1.82, 2.24) is 24.9 Å². The van der Waals surface area contributed by atoms with Gasteiger partial charge in [-0.25, -0.2) is 9.78 Å². The van der Waals surface area contributed by atoms with E-state index in [1.807, 2.05) is 0 Å². The minimum atomic E-state index is -1.18. The number of aliphatic hydroxyl groups is 5. The molecule has 18 heteroatoms. The maximum atomic E-state index is 12.9. The molecule has 1 saturated heterocycles. The number of carbonyl (C=O) groups is 2. The van der Waals surface area contributed by atoms with E-state index in [1.54, 1.807) is 14.7 Å². The fourth-order valence-corrected chi connectivity index (χ4v) is 4.93.